The van der Waals surface area contributed by atoms with E-state index in [4.69, 9.17) is 21.1 Å². The maximum absolute atomic E-state index is 12.7. The number of alkyl halides is 2. The second-order valence-corrected chi connectivity index (χ2v) is 9.40. The first-order valence-corrected chi connectivity index (χ1v) is 11.2. The number of carbonyl (C=O) groups excluding carboxylic acids is 1. The molecule has 0 aliphatic carbocycles. The zero-order valence-electron chi connectivity index (χ0n) is 17.0. The molecule has 4 rings (SSSR count). The summed E-state index contributed by atoms with van der Waals surface area (Å²) in [7, 11) is 0.740. The lowest BCUT2D eigenvalue weighted by atomic mass is 10.1. The molecule has 0 bridgehead atoms. The van der Waals surface area contributed by atoms with Gasteiger partial charge in [0.1, 0.15) is 12.1 Å². The molecule has 1 fully saturated rings. The Labute approximate surface area is 188 Å². The van der Waals surface area contributed by atoms with Gasteiger partial charge in [-0.3, -0.25) is 9.00 Å². The maximum Gasteiger partial charge on any atom is 0.287 e. The third kappa shape index (κ3) is 4.65. The molecule has 13 heteroatoms. The van der Waals surface area contributed by atoms with Gasteiger partial charge in [-0.1, -0.05) is 11.6 Å². The number of halogens is 3. The fraction of sp³-hybridized carbons (Fsp3) is 0.368. The average molecular weight is 486 g/mol. The van der Waals surface area contributed by atoms with Gasteiger partial charge in [0.05, 0.1) is 22.3 Å². The lowest BCUT2D eigenvalue weighted by molar-refractivity contribution is 0.0803. The molecular formula is C19H18ClF2N5O4S. The van der Waals surface area contributed by atoms with E-state index in [1.54, 1.807) is 11.6 Å². The Bertz CT molecular complexity index is 1210. The molecule has 32 heavy (non-hydrogen) atoms. The van der Waals surface area contributed by atoms with Crippen molar-refractivity contribution in [2.75, 3.05) is 18.1 Å². The quantitative estimate of drug-likeness (QED) is 0.548. The van der Waals surface area contributed by atoms with Crippen molar-refractivity contribution in [3.63, 3.8) is 0 Å². The van der Waals surface area contributed by atoms with Crippen molar-refractivity contribution in [1.29, 1.82) is 0 Å². The van der Waals surface area contributed by atoms with Crippen LogP contribution in [0.3, 0.4) is 0 Å². The topological polar surface area (TPSA) is 108 Å². The number of imidazole rings is 1. The van der Waals surface area contributed by atoms with Gasteiger partial charge < -0.3 is 19.4 Å². The van der Waals surface area contributed by atoms with Crippen LogP contribution < -0.4 is 14.8 Å². The number of amides is 1. The number of rotatable bonds is 7. The third-order valence-electron chi connectivity index (χ3n) is 4.67. The fourth-order valence-corrected chi connectivity index (χ4v) is 4.88. The summed E-state index contributed by atoms with van der Waals surface area (Å²) >= 11 is 5.87. The highest BCUT2D eigenvalue weighted by atomic mass is 35.5. The van der Waals surface area contributed by atoms with E-state index in [0.717, 1.165) is 0 Å². The smallest absolute Gasteiger partial charge is 0.287 e. The van der Waals surface area contributed by atoms with Gasteiger partial charge in [0.25, 0.3) is 18.2 Å². The molecule has 0 radical (unpaired) electrons. The Morgan fingerprint density at radius 2 is 2.09 bits per heavy atom. The summed E-state index contributed by atoms with van der Waals surface area (Å²) < 4.78 is 48.7. The summed E-state index contributed by atoms with van der Waals surface area (Å²) in [5.41, 5.74) is 0.471. The Morgan fingerprint density at radius 3 is 2.78 bits per heavy atom. The molecule has 1 saturated heterocycles. The zero-order valence-corrected chi connectivity index (χ0v) is 18.5. The molecule has 3 aromatic rings. The standard InChI is InChI=1S/C19H18ClF2N5O4S/c1-19(8-32(29)9-19)26-17(28)16-25-11-6-23-15(4-12(11)27(16)2)31-18-13(30-7-14(21)22)3-10(20)5-24-18/h3-6,14H,7-9H2,1-2H3,(H,26,28). The number of hydrogen-bond donors (Lipinski definition) is 1. The average Bonchev–Trinajstić information content (AvgIpc) is 3.03. The molecule has 0 saturated carbocycles. The molecule has 4 heterocycles. The summed E-state index contributed by atoms with van der Waals surface area (Å²) in [5.74, 6) is 0.490. The summed E-state index contributed by atoms with van der Waals surface area (Å²) in [6.07, 6.45) is 0.0140. The predicted octanol–water partition coefficient (Wildman–Crippen LogP) is 2.70. The Balaban J connectivity index is 1.58. The number of carbonyl (C=O) groups is 1. The minimum absolute atomic E-state index is 0.0594. The molecule has 1 aliphatic rings. The first kappa shape index (κ1) is 22.3. The molecule has 1 aliphatic heterocycles. The molecule has 170 valence electrons. The number of aromatic nitrogens is 4. The van der Waals surface area contributed by atoms with Crippen LogP contribution in [0.25, 0.3) is 11.0 Å². The van der Waals surface area contributed by atoms with Crippen molar-refractivity contribution >= 4 is 39.3 Å². The van der Waals surface area contributed by atoms with E-state index in [2.05, 4.69) is 20.3 Å². The predicted molar refractivity (Wildman–Crippen MR) is 113 cm³/mol. The van der Waals surface area contributed by atoms with Crippen molar-refractivity contribution in [2.45, 2.75) is 18.9 Å². The highest BCUT2D eigenvalue weighted by Crippen LogP contribution is 2.32. The van der Waals surface area contributed by atoms with Crippen LogP contribution in [0.2, 0.25) is 5.02 Å². The van der Waals surface area contributed by atoms with E-state index in [1.165, 1.54) is 24.5 Å². The summed E-state index contributed by atoms with van der Waals surface area (Å²) in [4.78, 5) is 25.1. The second kappa shape index (κ2) is 8.58. The van der Waals surface area contributed by atoms with Gasteiger partial charge in [-0.25, -0.2) is 23.7 Å². The van der Waals surface area contributed by atoms with E-state index in [-0.39, 0.29) is 28.4 Å². The highest BCUT2D eigenvalue weighted by molar-refractivity contribution is 7.86. The van der Waals surface area contributed by atoms with Gasteiger partial charge in [-0.05, 0) is 6.92 Å². The van der Waals surface area contributed by atoms with Gasteiger partial charge in [0.15, 0.2) is 11.6 Å². The molecule has 1 amide bonds. The van der Waals surface area contributed by atoms with Crippen LogP contribution in [-0.2, 0) is 17.8 Å². The SMILES string of the molecule is Cn1c(C(=O)NC2(C)CS(=O)C2)nc2cnc(Oc3ncc(Cl)cc3OCC(F)F)cc21. The highest BCUT2D eigenvalue weighted by Gasteiger charge is 2.40. The van der Waals surface area contributed by atoms with Gasteiger partial charge in [-0.15, -0.1) is 0 Å². The molecular weight excluding hydrogens is 468 g/mol. The Kier molecular flexibility index (Phi) is 5.99. The summed E-state index contributed by atoms with van der Waals surface area (Å²) in [6, 6.07) is 2.85. The van der Waals surface area contributed by atoms with Gasteiger partial charge >= 0.3 is 0 Å². The van der Waals surface area contributed by atoms with Gasteiger partial charge in [0.2, 0.25) is 5.88 Å². The van der Waals surface area contributed by atoms with Crippen molar-refractivity contribution in [1.82, 2.24) is 24.8 Å². The van der Waals surface area contributed by atoms with Crippen molar-refractivity contribution in [3.8, 4) is 17.5 Å². The number of pyridine rings is 2. The number of aryl methyl sites for hydroxylation is 1. The van der Waals surface area contributed by atoms with Crippen LogP contribution >= 0.6 is 11.6 Å². The van der Waals surface area contributed by atoms with E-state index >= 15 is 0 Å². The monoisotopic (exact) mass is 485 g/mol. The number of nitrogens with one attached hydrogen (secondary N) is 1. The zero-order chi connectivity index (χ0) is 23.0. The Morgan fingerprint density at radius 1 is 1.34 bits per heavy atom. The van der Waals surface area contributed by atoms with Crippen molar-refractivity contribution < 1.29 is 27.3 Å². The fourth-order valence-electron chi connectivity index (χ4n) is 3.25. The maximum atomic E-state index is 12.7. The van der Waals surface area contributed by atoms with Gasteiger partial charge in [0, 0.05) is 47.7 Å². The van der Waals surface area contributed by atoms with Gasteiger partial charge in [-0.2, -0.15) is 0 Å². The number of fused-ring (bicyclic) bond motifs is 1. The molecule has 3 aromatic heterocycles. The number of nitrogens with zero attached hydrogens (tertiary/aromatic N) is 4. The lowest BCUT2D eigenvalue weighted by Crippen LogP contribution is -2.61. The minimum Gasteiger partial charge on any atom is -0.482 e. The van der Waals surface area contributed by atoms with Crippen LogP contribution in [0.1, 0.15) is 17.5 Å². The van der Waals surface area contributed by atoms with Crippen LogP contribution in [-0.4, -0.2) is 59.7 Å². The van der Waals surface area contributed by atoms with Crippen LogP contribution in [0.5, 0.6) is 17.5 Å². The first-order valence-electron chi connectivity index (χ1n) is 9.38. The van der Waals surface area contributed by atoms with E-state index in [9.17, 15) is 17.8 Å². The van der Waals surface area contributed by atoms with E-state index < -0.39 is 35.3 Å². The molecule has 0 spiro atoms. The summed E-state index contributed by atoms with van der Waals surface area (Å²) in [6.45, 7) is 0.979. The normalized spacial score (nSPS) is 20.2. The third-order valence-corrected chi connectivity index (χ3v) is 6.80. The van der Waals surface area contributed by atoms with Crippen LogP contribution in [0.15, 0.2) is 24.5 Å². The number of ether oxygens (including phenoxy) is 2. The van der Waals surface area contributed by atoms with E-state index in [1.807, 2.05) is 6.92 Å². The second-order valence-electron chi connectivity index (χ2n) is 7.51. The molecule has 9 nitrogen and oxygen atoms in total. The largest absolute Gasteiger partial charge is 0.482 e. The molecule has 1 N–H and O–H groups in total. The summed E-state index contributed by atoms with van der Waals surface area (Å²) in [5, 5.41) is 3.06. The molecule has 0 atom stereocenters. The number of hydrogen-bond acceptors (Lipinski definition) is 7. The Hall–Kier alpha value is -2.86. The first-order chi connectivity index (χ1) is 15.1. The lowest BCUT2D eigenvalue weighted by Gasteiger charge is -2.37. The molecule has 0 aromatic carbocycles. The van der Waals surface area contributed by atoms with E-state index in [0.29, 0.717) is 22.5 Å². The van der Waals surface area contributed by atoms with Crippen molar-refractivity contribution in [2.24, 2.45) is 7.05 Å². The minimum atomic E-state index is -2.68. The van der Waals surface area contributed by atoms with Crippen LogP contribution in [0, 0.1) is 0 Å². The molecule has 0 unspecified atom stereocenters. The van der Waals surface area contributed by atoms with Crippen molar-refractivity contribution in [3.05, 3.63) is 35.4 Å². The van der Waals surface area contributed by atoms with Crippen LogP contribution in [0.4, 0.5) is 8.78 Å².